The second kappa shape index (κ2) is 8.75. The number of H-pyrrole nitrogens is 1. The van der Waals surface area contributed by atoms with Crippen LogP contribution in [0, 0.1) is 24.4 Å². The van der Waals surface area contributed by atoms with Gasteiger partial charge in [0.25, 0.3) is 11.5 Å². The molecule has 178 valence electrons. The smallest absolute Gasteiger partial charge is 0.269 e. The lowest BCUT2D eigenvalue weighted by molar-refractivity contribution is 0.0947. The number of carbonyl (C=O) groups excluding carboxylic acids is 1. The van der Waals surface area contributed by atoms with E-state index in [1.54, 1.807) is 6.07 Å². The summed E-state index contributed by atoms with van der Waals surface area (Å²) in [6.07, 6.45) is 1.86. The molecule has 2 aromatic carbocycles. The first-order chi connectivity index (χ1) is 16.3. The largest absolute Gasteiger partial charge is 0.369 e. The van der Waals surface area contributed by atoms with Crippen molar-refractivity contribution in [3.05, 3.63) is 68.9 Å². The summed E-state index contributed by atoms with van der Waals surface area (Å²) in [4.78, 5) is 34.2. The number of fused-ring (bicyclic) bond motifs is 1. The molecule has 0 spiro atoms. The van der Waals surface area contributed by atoms with Gasteiger partial charge < -0.3 is 15.2 Å². The topological polar surface area (TPSA) is 81.3 Å². The van der Waals surface area contributed by atoms with Gasteiger partial charge in [0.1, 0.15) is 22.5 Å². The zero-order chi connectivity index (χ0) is 24.0. The fourth-order valence-electron chi connectivity index (χ4n) is 4.21. The number of amides is 1. The van der Waals surface area contributed by atoms with Gasteiger partial charge >= 0.3 is 0 Å². The highest BCUT2D eigenvalue weighted by atomic mass is 19.1. The van der Waals surface area contributed by atoms with Gasteiger partial charge in [-0.05, 0) is 44.0 Å². The number of nitrogens with one attached hydrogen (secondary N) is 2. The van der Waals surface area contributed by atoms with Crippen molar-refractivity contribution < 1.29 is 18.0 Å². The molecule has 1 saturated carbocycles. The van der Waals surface area contributed by atoms with Crippen LogP contribution in [0.3, 0.4) is 0 Å². The van der Waals surface area contributed by atoms with E-state index in [4.69, 9.17) is 0 Å². The summed E-state index contributed by atoms with van der Waals surface area (Å²) in [6.45, 7) is 3.81. The molecule has 10 heteroatoms. The Morgan fingerprint density at radius 3 is 2.53 bits per heavy atom. The van der Waals surface area contributed by atoms with Gasteiger partial charge in [-0.25, -0.2) is 18.2 Å². The van der Waals surface area contributed by atoms with E-state index in [0.717, 1.165) is 18.9 Å². The number of aryl methyl sites for hydroxylation is 1. The molecule has 34 heavy (non-hydrogen) atoms. The van der Waals surface area contributed by atoms with Crippen LogP contribution in [0.25, 0.3) is 11.0 Å². The van der Waals surface area contributed by atoms with Crippen LogP contribution in [0.2, 0.25) is 0 Å². The zero-order valence-corrected chi connectivity index (χ0v) is 18.6. The Hall–Kier alpha value is -3.40. The van der Waals surface area contributed by atoms with Gasteiger partial charge in [-0.3, -0.25) is 14.5 Å². The second-order valence-electron chi connectivity index (χ2n) is 8.88. The van der Waals surface area contributed by atoms with Crippen molar-refractivity contribution >= 4 is 22.6 Å². The predicted molar refractivity (Wildman–Crippen MR) is 121 cm³/mol. The highest BCUT2D eigenvalue weighted by molar-refractivity contribution is 5.95. The molecular weight excluding hydrogens is 447 g/mol. The molecule has 5 rings (SSSR count). The molecule has 3 aromatic rings. The highest BCUT2D eigenvalue weighted by Crippen LogP contribution is 2.25. The Bertz CT molecular complexity index is 1330. The van der Waals surface area contributed by atoms with Crippen molar-refractivity contribution in [2.75, 3.05) is 31.1 Å². The van der Waals surface area contributed by atoms with Gasteiger partial charge in [0, 0.05) is 50.0 Å². The summed E-state index contributed by atoms with van der Waals surface area (Å²) < 4.78 is 44.1. The maximum absolute atomic E-state index is 15.0. The number of aromatic amines is 1. The molecule has 0 radical (unpaired) electrons. The van der Waals surface area contributed by atoms with Crippen LogP contribution in [0.1, 0.15) is 34.5 Å². The standard InChI is InChI=1S/C24H24F3N5O2/c1-13-23(33)30-22-20(27)14(10-19(26)21(22)28-13)12-31-6-8-32(9-7-31)16-4-5-17(18(25)11-16)24(34)29-15-2-3-15/h4-5,10-11,15H,2-3,6-9,12H2,1H3,(H,29,34)(H,30,33). The highest BCUT2D eigenvalue weighted by Gasteiger charge is 2.26. The second-order valence-corrected chi connectivity index (χ2v) is 8.88. The fourth-order valence-corrected chi connectivity index (χ4v) is 4.21. The Balaban J connectivity index is 1.26. The SMILES string of the molecule is Cc1nc2c(F)cc(CN3CCN(c4ccc(C(=O)NC5CC5)c(F)c4)CC3)c(F)c2[nH]c1=O. The summed E-state index contributed by atoms with van der Waals surface area (Å²) in [5, 5.41) is 2.78. The molecule has 1 aliphatic carbocycles. The van der Waals surface area contributed by atoms with Crippen molar-refractivity contribution in [2.24, 2.45) is 0 Å². The van der Waals surface area contributed by atoms with Gasteiger partial charge in [0.2, 0.25) is 0 Å². The van der Waals surface area contributed by atoms with E-state index in [1.165, 1.54) is 19.1 Å². The quantitative estimate of drug-likeness (QED) is 0.598. The van der Waals surface area contributed by atoms with E-state index >= 15 is 0 Å². The number of carbonyl (C=O) groups is 1. The van der Waals surface area contributed by atoms with E-state index in [9.17, 15) is 22.8 Å². The van der Waals surface area contributed by atoms with Gasteiger partial charge in [0.15, 0.2) is 11.6 Å². The Labute approximate surface area is 193 Å². The minimum absolute atomic E-state index is 0.0332. The summed E-state index contributed by atoms with van der Waals surface area (Å²) in [5.74, 6) is -2.34. The van der Waals surface area contributed by atoms with Crippen molar-refractivity contribution in [1.82, 2.24) is 20.2 Å². The zero-order valence-electron chi connectivity index (χ0n) is 18.6. The Morgan fingerprint density at radius 1 is 1.12 bits per heavy atom. The van der Waals surface area contributed by atoms with Crippen LogP contribution in [-0.4, -0.2) is 53.0 Å². The van der Waals surface area contributed by atoms with Crippen LogP contribution < -0.4 is 15.8 Å². The Morgan fingerprint density at radius 2 is 1.85 bits per heavy atom. The first kappa shape index (κ1) is 22.4. The minimum Gasteiger partial charge on any atom is -0.369 e. The van der Waals surface area contributed by atoms with E-state index in [-0.39, 0.29) is 40.4 Å². The molecule has 2 aliphatic rings. The lowest BCUT2D eigenvalue weighted by Crippen LogP contribution is -2.46. The van der Waals surface area contributed by atoms with Crippen molar-refractivity contribution in [3.8, 4) is 0 Å². The summed E-state index contributed by atoms with van der Waals surface area (Å²) in [6, 6.07) is 5.86. The van der Waals surface area contributed by atoms with Gasteiger partial charge in [0.05, 0.1) is 5.56 Å². The first-order valence-corrected chi connectivity index (χ1v) is 11.3. The average Bonchev–Trinajstić information content (AvgIpc) is 3.63. The summed E-state index contributed by atoms with van der Waals surface area (Å²) >= 11 is 0. The number of hydrogen-bond donors (Lipinski definition) is 2. The average molecular weight is 471 g/mol. The van der Waals surface area contributed by atoms with Crippen molar-refractivity contribution in [1.29, 1.82) is 0 Å². The number of nitrogens with zero attached hydrogens (tertiary/aromatic N) is 3. The van der Waals surface area contributed by atoms with E-state index in [2.05, 4.69) is 15.3 Å². The fraction of sp³-hybridized carbons (Fsp3) is 0.375. The van der Waals surface area contributed by atoms with Crippen LogP contribution in [0.15, 0.2) is 29.1 Å². The normalized spacial score (nSPS) is 16.8. The lowest BCUT2D eigenvalue weighted by atomic mass is 10.1. The van der Waals surface area contributed by atoms with Crippen LogP contribution in [-0.2, 0) is 6.54 Å². The lowest BCUT2D eigenvalue weighted by Gasteiger charge is -2.36. The molecule has 2 fully saturated rings. The number of benzene rings is 2. The van der Waals surface area contributed by atoms with Gasteiger partial charge in [-0.15, -0.1) is 0 Å². The van der Waals surface area contributed by atoms with Crippen LogP contribution >= 0.6 is 0 Å². The molecular formula is C24H24F3N5O2. The molecule has 1 amide bonds. The first-order valence-electron chi connectivity index (χ1n) is 11.3. The van der Waals surface area contributed by atoms with Gasteiger partial charge in [-0.2, -0.15) is 0 Å². The van der Waals surface area contributed by atoms with E-state index < -0.39 is 28.9 Å². The van der Waals surface area contributed by atoms with Crippen molar-refractivity contribution in [3.63, 3.8) is 0 Å². The predicted octanol–water partition coefficient (Wildman–Crippen LogP) is 2.86. The number of halogens is 3. The van der Waals surface area contributed by atoms with E-state index in [1.807, 2.05) is 9.80 Å². The molecule has 2 heterocycles. The number of piperazine rings is 1. The number of aromatic nitrogens is 2. The maximum Gasteiger partial charge on any atom is 0.269 e. The monoisotopic (exact) mass is 471 g/mol. The minimum atomic E-state index is -0.689. The number of rotatable bonds is 5. The third-order valence-electron chi connectivity index (χ3n) is 6.35. The van der Waals surface area contributed by atoms with Crippen LogP contribution in [0.4, 0.5) is 18.9 Å². The van der Waals surface area contributed by atoms with Crippen molar-refractivity contribution in [2.45, 2.75) is 32.4 Å². The third kappa shape index (κ3) is 4.37. The Kier molecular flexibility index (Phi) is 5.76. The molecule has 0 bridgehead atoms. The molecule has 1 saturated heterocycles. The molecule has 7 nitrogen and oxygen atoms in total. The molecule has 0 unspecified atom stereocenters. The molecule has 2 N–H and O–H groups in total. The summed E-state index contributed by atoms with van der Waals surface area (Å²) in [5.41, 5.74) is -0.0720. The maximum atomic E-state index is 15.0. The number of anilines is 1. The molecule has 1 aromatic heterocycles. The molecule has 1 aliphatic heterocycles. The van der Waals surface area contributed by atoms with E-state index in [0.29, 0.717) is 31.9 Å². The molecule has 0 atom stereocenters. The number of hydrogen-bond acceptors (Lipinski definition) is 5. The van der Waals surface area contributed by atoms with Gasteiger partial charge in [-0.1, -0.05) is 0 Å². The summed E-state index contributed by atoms with van der Waals surface area (Å²) in [7, 11) is 0. The van der Waals surface area contributed by atoms with Crippen LogP contribution in [0.5, 0.6) is 0 Å². The third-order valence-corrected chi connectivity index (χ3v) is 6.35.